The SMILES string of the molecule is CCCC(=O)N(C(=O)CC)c1ccc2[nH]c(N)nc2c1. The molecule has 0 bridgehead atoms. The highest BCUT2D eigenvalue weighted by atomic mass is 16.2. The number of rotatable bonds is 4. The molecule has 106 valence electrons. The van der Waals surface area contributed by atoms with Crippen LogP contribution >= 0.6 is 0 Å². The van der Waals surface area contributed by atoms with Crippen LogP contribution in [0.3, 0.4) is 0 Å². The van der Waals surface area contributed by atoms with Gasteiger partial charge in [-0.3, -0.25) is 14.5 Å². The fourth-order valence-electron chi connectivity index (χ4n) is 2.06. The molecule has 2 rings (SSSR count). The third-order valence-corrected chi connectivity index (χ3v) is 3.01. The van der Waals surface area contributed by atoms with Crippen molar-refractivity contribution in [2.24, 2.45) is 0 Å². The van der Waals surface area contributed by atoms with Crippen LogP contribution in [0, 0.1) is 0 Å². The zero-order chi connectivity index (χ0) is 14.7. The van der Waals surface area contributed by atoms with Crippen LogP contribution in [0.4, 0.5) is 11.6 Å². The predicted octanol–water partition coefficient (Wildman–Crippen LogP) is 2.21. The van der Waals surface area contributed by atoms with Crippen LogP contribution in [0.25, 0.3) is 11.0 Å². The summed E-state index contributed by atoms with van der Waals surface area (Å²) >= 11 is 0. The van der Waals surface area contributed by atoms with Gasteiger partial charge in [0.15, 0.2) is 5.95 Å². The topological polar surface area (TPSA) is 92.1 Å². The summed E-state index contributed by atoms with van der Waals surface area (Å²) in [4.78, 5) is 32.4. The first-order valence-corrected chi connectivity index (χ1v) is 6.67. The Morgan fingerprint density at radius 2 is 2.05 bits per heavy atom. The molecule has 1 aromatic carbocycles. The third-order valence-electron chi connectivity index (χ3n) is 3.01. The number of fused-ring (bicyclic) bond motifs is 1. The van der Waals surface area contributed by atoms with Crippen LogP contribution in [0.2, 0.25) is 0 Å². The van der Waals surface area contributed by atoms with Gasteiger partial charge in [-0.1, -0.05) is 13.8 Å². The number of benzene rings is 1. The molecule has 3 N–H and O–H groups in total. The third kappa shape index (κ3) is 2.64. The van der Waals surface area contributed by atoms with Crippen molar-refractivity contribution in [1.29, 1.82) is 0 Å². The van der Waals surface area contributed by atoms with E-state index in [-0.39, 0.29) is 18.2 Å². The van der Waals surface area contributed by atoms with Crippen LogP contribution < -0.4 is 10.6 Å². The highest BCUT2D eigenvalue weighted by Crippen LogP contribution is 2.23. The number of carbonyl (C=O) groups excluding carboxylic acids is 2. The average molecular weight is 274 g/mol. The van der Waals surface area contributed by atoms with Gasteiger partial charge in [-0.05, 0) is 24.6 Å². The fraction of sp³-hybridized carbons (Fsp3) is 0.357. The van der Waals surface area contributed by atoms with Crippen molar-refractivity contribution < 1.29 is 9.59 Å². The second-order valence-electron chi connectivity index (χ2n) is 4.55. The number of hydrogen-bond acceptors (Lipinski definition) is 4. The van der Waals surface area contributed by atoms with E-state index in [0.29, 0.717) is 30.0 Å². The Morgan fingerprint density at radius 1 is 1.30 bits per heavy atom. The Balaban J connectivity index is 2.44. The van der Waals surface area contributed by atoms with Gasteiger partial charge in [0.2, 0.25) is 11.8 Å². The van der Waals surface area contributed by atoms with Gasteiger partial charge in [-0.25, -0.2) is 4.98 Å². The Kier molecular flexibility index (Phi) is 4.02. The van der Waals surface area contributed by atoms with E-state index in [1.165, 1.54) is 4.90 Å². The molecule has 2 amide bonds. The zero-order valence-corrected chi connectivity index (χ0v) is 11.6. The number of hydrogen-bond donors (Lipinski definition) is 2. The molecule has 0 spiro atoms. The normalized spacial score (nSPS) is 10.7. The second-order valence-corrected chi connectivity index (χ2v) is 4.55. The molecule has 0 unspecified atom stereocenters. The molecular weight excluding hydrogens is 256 g/mol. The molecule has 0 aliphatic rings. The number of nitrogens with one attached hydrogen (secondary N) is 1. The van der Waals surface area contributed by atoms with Crippen molar-refractivity contribution in [3.05, 3.63) is 18.2 Å². The number of aromatic amines is 1. The molecule has 0 radical (unpaired) electrons. The number of aromatic nitrogens is 2. The minimum Gasteiger partial charge on any atom is -0.369 e. The molecule has 6 heteroatoms. The van der Waals surface area contributed by atoms with E-state index in [1.54, 1.807) is 25.1 Å². The number of H-pyrrole nitrogens is 1. The van der Waals surface area contributed by atoms with Gasteiger partial charge in [0.1, 0.15) is 0 Å². The quantitative estimate of drug-likeness (QED) is 0.894. The van der Waals surface area contributed by atoms with E-state index in [1.807, 2.05) is 6.92 Å². The summed E-state index contributed by atoms with van der Waals surface area (Å²) in [5, 5.41) is 0. The van der Waals surface area contributed by atoms with Crippen LogP contribution in [0.15, 0.2) is 18.2 Å². The van der Waals surface area contributed by atoms with Crippen LogP contribution in [-0.2, 0) is 9.59 Å². The largest absolute Gasteiger partial charge is 0.369 e. The lowest BCUT2D eigenvalue weighted by atomic mass is 10.2. The molecule has 1 aromatic heterocycles. The molecular formula is C14H18N4O2. The van der Waals surface area contributed by atoms with Crippen molar-refractivity contribution in [1.82, 2.24) is 9.97 Å². The molecule has 0 atom stereocenters. The minimum atomic E-state index is -0.216. The molecule has 6 nitrogen and oxygen atoms in total. The summed E-state index contributed by atoms with van der Waals surface area (Å²) in [5.41, 5.74) is 7.55. The summed E-state index contributed by atoms with van der Waals surface area (Å²) in [6.07, 6.45) is 1.31. The Hall–Kier alpha value is -2.37. The van der Waals surface area contributed by atoms with E-state index in [9.17, 15) is 9.59 Å². The summed E-state index contributed by atoms with van der Waals surface area (Å²) < 4.78 is 0. The van der Waals surface area contributed by atoms with E-state index >= 15 is 0 Å². The van der Waals surface area contributed by atoms with Gasteiger partial charge < -0.3 is 10.7 Å². The smallest absolute Gasteiger partial charge is 0.233 e. The second kappa shape index (κ2) is 5.73. The highest BCUT2D eigenvalue weighted by Gasteiger charge is 2.21. The maximum Gasteiger partial charge on any atom is 0.233 e. The number of nitrogens with zero attached hydrogens (tertiary/aromatic N) is 2. The lowest BCUT2D eigenvalue weighted by molar-refractivity contribution is -0.126. The summed E-state index contributed by atoms with van der Waals surface area (Å²) in [6, 6.07) is 5.19. The lowest BCUT2D eigenvalue weighted by Crippen LogP contribution is -2.36. The van der Waals surface area contributed by atoms with Crippen LogP contribution in [0.1, 0.15) is 33.1 Å². The van der Waals surface area contributed by atoms with Gasteiger partial charge in [-0.2, -0.15) is 0 Å². The summed E-state index contributed by atoms with van der Waals surface area (Å²) in [6.45, 7) is 3.64. The summed E-state index contributed by atoms with van der Waals surface area (Å²) in [7, 11) is 0. The fourth-order valence-corrected chi connectivity index (χ4v) is 2.06. The van der Waals surface area contributed by atoms with Gasteiger partial charge >= 0.3 is 0 Å². The first kappa shape index (κ1) is 14.0. The van der Waals surface area contributed by atoms with Gasteiger partial charge in [-0.15, -0.1) is 0 Å². The van der Waals surface area contributed by atoms with Crippen LogP contribution in [-0.4, -0.2) is 21.8 Å². The zero-order valence-electron chi connectivity index (χ0n) is 11.6. The van der Waals surface area contributed by atoms with Crippen LogP contribution in [0.5, 0.6) is 0 Å². The monoisotopic (exact) mass is 274 g/mol. The Labute approximate surface area is 117 Å². The lowest BCUT2D eigenvalue weighted by Gasteiger charge is -2.20. The molecule has 2 aromatic rings. The molecule has 20 heavy (non-hydrogen) atoms. The van der Waals surface area contributed by atoms with Crippen molar-refractivity contribution in [2.75, 3.05) is 10.6 Å². The van der Waals surface area contributed by atoms with Crippen molar-refractivity contribution in [3.8, 4) is 0 Å². The average Bonchev–Trinajstić information content (AvgIpc) is 2.78. The predicted molar refractivity (Wildman–Crippen MR) is 78.2 cm³/mol. The molecule has 0 aliphatic heterocycles. The van der Waals surface area contributed by atoms with E-state index in [0.717, 1.165) is 5.52 Å². The van der Waals surface area contributed by atoms with Crippen molar-refractivity contribution in [3.63, 3.8) is 0 Å². The number of nitrogen functional groups attached to an aromatic ring is 1. The highest BCUT2D eigenvalue weighted by molar-refractivity contribution is 6.15. The number of carbonyl (C=O) groups is 2. The number of nitrogens with two attached hydrogens (primary N) is 1. The van der Waals surface area contributed by atoms with E-state index in [2.05, 4.69) is 9.97 Å². The molecule has 0 saturated carbocycles. The summed E-state index contributed by atoms with van der Waals surface area (Å²) in [5.74, 6) is -0.0982. The maximum absolute atomic E-state index is 12.1. The van der Waals surface area contributed by atoms with E-state index in [4.69, 9.17) is 5.73 Å². The maximum atomic E-state index is 12.1. The van der Waals surface area contributed by atoms with Crippen molar-refractivity contribution in [2.45, 2.75) is 33.1 Å². The van der Waals surface area contributed by atoms with Gasteiger partial charge in [0.25, 0.3) is 0 Å². The first-order valence-electron chi connectivity index (χ1n) is 6.67. The Bertz CT molecular complexity index is 648. The number of anilines is 2. The molecule has 0 aliphatic carbocycles. The van der Waals surface area contributed by atoms with Gasteiger partial charge in [0, 0.05) is 12.8 Å². The molecule has 0 fully saturated rings. The number of amides is 2. The standard InChI is InChI=1S/C14H18N4O2/c1-3-5-13(20)18(12(19)4-2)9-6-7-10-11(8-9)17-14(15)16-10/h6-8H,3-5H2,1-2H3,(H3,15,16,17). The van der Waals surface area contributed by atoms with E-state index < -0.39 is 0 Å². The minimum absolute atomic E-state index is 0.192. The van der Waals surface area contributed by atoms with Gasteiger partial charge in [0.05, 0.1) is 16.7 Å². The Morgan fingerprint density at radius 3 is 2.70 bits per heavy atom. The molecule has 1 heterocycles. The van der Waals surface area contributed by atoms with Crippen molar-refractivity contribution >= 4 is 34.5 Å². The first-order chi connectivity index (χ1) is 9.56. The number of imidazole rings is 1. The molecule has 0 saturated heterocycles. The number of imide groups is 1.